The first-order valence-electron chi connectivity index (χ1n) is 7.57. The van der Waals surface area contributed by atoms with E-state index in [2.05, 4.69) is 18.7 Å². The minimum atomic E-state index is -3.42. The molecule has 1 aromatic heterocycles. The van der Waals surface area contributed by atoms with Crippen molar-refractivity contribution in [2.75, 3.05) is 26.2 Å². The third-order valence-corrected chi connectivity index (χ3v) is 6.11. The van der Waals surface area contributed by atoms with Crippen LogP contribution in [0.1, 0.15) is 26.5 Å². The van der Waals surface area contributed by atoms with Crippen LogP contribution >= 0.6 is 0 Å². The van der Waals surface area contributed by atoms with Crippen LogP contribution in [0.3, 0.4) is 0 Å². The third kappa shape index (κ3) is 3.15. The quantitative estimate of drug-likeness (QED) is 0.867. The number of hydrogen-bond acceptors (Lipinski definition) is 4. The first-order chi connectivity index (χ1) is 9.93. The van der Waals surface area contributed by atoms with Crippen LogP contribution in [0.15, 0.2) is 17.2 Å². The summed E-state index contributed by atoms with van der Waals surface area (Å²) in [5.74, 6) is 0. The summed E-state index contributed by atoms with van der Waals surface area (Å²) in [6, 6.07) is 1.95. The average Bonchev–Trinajstić information content (AvgIpc) is 2.91. The summed E-state index contributed by atoms with van der Waals surface area (Å²) in [5, 5.41) is 0. The predicted molar refractivity (Wildman–Crippen MR) is 83.5 cm³/mol. The lowest BCUT2D eigenvalue weighted by Gasteiger charge is -2.38. The molecule has 1 saturated heterocycles. The molecule has 1 atom stereocenters. The molecule has 6 nitrogen and oxygen atoms in total. The molecule has 120 valence electrons. The molecule has 2 heterocycles. The predicted octanol–water partition coefficient (Wildman–Crippen LogP) is 0.681. The lowest BCUT2D eigenvalue weighted by atomic mass is 10.2. The zero-order chi connectivity index (χ0) is 15.6. The first-order valence-corrected chi connectivity index (χ1v) is 9.01. The van der Waals surface area contributed by atoms with E-state index >= 15 is 0 Å². The van der Waals surface area contributed by atoms with Crippen molar-refractivity contribution in [3.05, 3.63) is 18.0 Å². The molecule has 21 heavy (non-hydrogen) atoms. The fourth-order valence-corrected chi connectivity index (χ4v) is 4.51. The molecule has 0 aliphatic carbocycles. The number of nitrogens with two attached hydrogens (primary N) is 1. The van der Waals surface area contributed by atoms with Gasteiger partial charge in [0.2, 0.25) is 10.0 Å². The van der Waals surface area contributed by atoms with Crippen molar-refractivity contribution in [1.82, 2.24) is 13.8 Å². The Labute approximate surface area is 127 Å². The lowest BCUT2D eigenvalue weighted by Crippen LogP contribution is -2.53. The zero-order valence-corrected chi connectivity index (χ0v) is 13.9. The Hall–Kier alpha value is -0.890. The van der Waals surface area contributed by atoms with Crippen LogP contribution in [0.4, 0.5) is 0 Å². The van der Waals surface area contributed by atoms with Gasteiger partial charge in [0.1, 0.15) is 4.90 Å². The summed E-state index contributed by atoms with van der Waals surface area (Å²) in [4.78, 5) is 2.66. The Kier molecular flexibility index (Phi) is 5.08. The van der Waals surface area contributed by atoms with Gasteiger partial charge in [0, 0.05) is 50.7 Å². The highest BCUT2D eigenvalue weighted by atomic mass is 32.2. The Morgan fingerprint density at radius 2 is 2.00 bits per heavy atom. The van der Waals surface area contributed by atoms with Gasteiger partial charge in [-0.3, -0.25) is 4.90 Å². The molecule has 1 unspecified atom stereocenters. The number of rotatable bonds is 5. The standard InChI is InChI=1S/C14H26N4O2S/c1-4-16-6-7-18(10-12(16)3)21(19,20)14-8-13(9-15)17(5-2)11-14/h8,11-12H,4-7,9-10,15H2,1-3H3. The van der Waals surface area contributed by atoms with E-state index in [-0.39, 0.29) is 6.04 Å². The average molecular weight is 314 g/mol. The maximum atomic E-state index is 12.8. The van der Waals surface area contributed by atoms with Gasteiger partial charge in [-0.15, -0.1) is 0 Å². The van der Waals surface area contributed by atoms with Crippen molar-refractivity contribution < 1.29 is 8.42 Å². The largest absolute Gasteiger partial charge is 0.349 e. The Morgan fingerprint density at radius 3 is 2.48 bits per heavy atom. The molecule has 1 fully saturated rings. The van der Waals surface area contributed by atoms with Crippen molar-refractivity contribution in [2.24, 2.45) is 5.73 Å². The summed E-state index contributed by atoms with van der Waals surface area (Å²) in [6.07, 6.45) is 1.70. The molecule has 0 saturated carbocycles. The van der Waals surface area contributed by atoms with Crippen LogP contribution in [0.2, 0.25) is 0 Å². The first kappa shape index (κ1) is 16.5. The SMILES string of the molecule is CCN1CCN(S(=O)(=O)c2cc(CN)n(CC)c2)CC1C. The van der Waals surface area contributed by atoms with Gasteiger partial charge >= 0.3 is 0 Å². The third-order valence-electron chi connectivity index (χ3n) is 4.28. The van der Waals surface area contributed by atoms with Crippen molar-refractivity contribution in [2.45, 2.75) is 44.8 Å². The number of piperazine rings is 1. The topological polar surface area (TPSA) is 71.6 Å². The molecular formula is C14H26N4O2S. The monoisotopic (exact) mass is 314 g/mol. The van der Waals surface area contributed by atoms with Crippen LogP contribution in [0, 0.1) is 0 Å². The van der Waals surface area contributed by atoms with Gasteiger partial charge in [0.05, 0.1) is 0 Å². The number of aromatic nitrogens is 1. The van der Waals surface area contributed by atoms with E-state index in [4.69, 9.17) is 5.73 Å². The van der Waals surface area contributed by atoms with Crippen molar-refractivity contribution in [1.29, 1.82) is 0 Å². The number of nitrogens with zero attached hydrogens (tertiary/aromatic N) is 3. The number of sulfonamides is 1. The summed E-state index contributed by atoms with van der Waals surface area (Å²) < 4.78 is 29.1. The second kappa shape index (κ2) is 6.48. The maximum absolute atomic E-state index is 12.8. The van der Waals surface area contributed by atoms with Gasteiger partial charge in [-0.1, -0.05) is 6.92 Å². The van der Waals surface area contributed by atoms with Crippen LogP contribution in [0.25, 0.3) is 0 Å². The summed E-state index contributed by atoms with van der Waals surface area (Å²) >= 11 is 0. The summed E-state index contributed by atoms with van der Waals surface area (Å²) in [6.45, 7) is 10.1. The van der Waals surface area contributed by atoms with E-state index in [9.17, 15) is 8.42 Å². The zero-order valence-electron chi connectivity index (χ0n) is 13.1. The molecule has 7 heteroatoms. The minimum Gasteiger partial charge on any atom is -0.349 e. The van der Waals surface area contributed by atoms with E-state index in [0.29, 0.717) is 24.5 Å². The smallest absolute Gasteiger partial charge is 0.244 e. The summed E-state index contributed by atoms with van der Waals surface area (Å²) in [5.41, 5.74) is 6.54. The molecule has 1 aliphatic rings. The van der Waals surface area contributed by atoms with Gasteiger partial charge in [-0.05, 0) is 26.5 Å². The molecule has 2 rings (SSSR count). The maximum Gasteiger partial charge on any atom is 0.244 e. The molecule has 2 N–H and O–H groups in total. The number of aryl methyl sites for hydroxylation is 1. The highest BCUT2D eigenvalue weighted by Gasteiger charge is 2.32. The Bertz CT molecular complexity index is 560. The van der Waals surface area contributed by atoms with E-state index in [1.165, 1.54) is 0 Å². The van der Waals surface area contributed by atoms with Crippen LogP contribution in [-0.4, -0.2) is 54.4 Å². The van der Waals surface area contributed by atoms with Gasteiger partial charge < -0.3 is 10.3 Å². The van der Waals surface area contributed by atoms with Gasteiger partial charge in [0.15, 0.2) is 0 Å². The van der Waals surface area contributed by atoms with E-state index < -0.39 is 10.0 Å². The second-order valence-electron chi connectivity index (χ2n) is 5.50. The Balaban J connectivity index is 2.24. The van der Waals surface area contributed by atoms with Crippen LogP contribution in [-0.2, 0) is 23.1 Å². The highest BCUT2D eigenvalue weighted by Crippen LogP contribution is 2.22. The molecule has 0 bridgehead atoms. The summed E-state index contributed by atoms with van der Waals surface area (Å²) in [7, 11) is -3.42. The molecule has 0 amide bonds. The minimum absolute atomic E-state index is 0.251. The second-order valence-corrected chi connectivity index (χ2v) is 7.44. The number of hydrogen-bond donors (Lipinski definition) is 1. The highest BCUT2D eigenvalue weighted by molar-refractivity contribution is 7.89. The molecule has 1 aromatic rings. The van der Waals surface area contributed by atoms with Crippen LogP contribution < -0.4 is 5.73 Å². The number of likely N-dealkylation sites (N-methyl/N-ethyl adjacent to an activating group) is 1. The molecule has 0 radical (unpaired) electrons. The normalized spacial score (nSPS) is 21.8. The van der Waals surface area contributed by atoms with E-state index in [1.807, 2.05) is 11.5 Å². The molecule has 0 spiro atoms. The van der Waals surface area contributed by atoms with Gasteiger partial charge in [-0.2, -0.15) is 4.31 Å². The van der Waals surface area contributed by atoms with E-state index in [1.54, 1.807) is 16.6 Å². The fraction of sp³-hybridized carbons (Fsp3) is 0.714. The lowest BCUT2D eigenvalue weighted by molar-refractivity contribution is 0.135. The van der Waals surface area contributed by atoms with Crippen molar-refractivity contribution >= 4 is 10.0 Å². The van der Waals surface area contributed by atoms with Gasteiger partial charge in [0.25, 0.3) is 0 Å². The van der Waals surface area contributed by atoms with E-state index in [0.717, 1.165) is 25.3 Å². The molecule has 1 aliphatic heterocycles. The Morgan fingerprint density at radius 1 is 1.29 bits per heavy atom. The van der Waals surface area contributed by atoms with Crippen molar-refractivity contribution in [3.63, 3.8) is 0 Å². The molecule has 0 aromatic carbocycles. The fourth-order valence-electron chi connectivity index (χ4n) is 2.93. The molecular weight excluding hydrogens is 288 g/mol. The van der Waals surface area contributed by atoms with Gasteiger partial charge in [-0.25, -0.2) is 8.42 Å². The van der Waals surface area contributed by atoms with Crippen molar-refractivity contribution in [3.8, 4) is 0 Å². The van der Waals surface area contributed by atoms with Crippen LogP contribution in [0.5, 0.6) is 0 Å².